The van der Waals surface area contributed by atoms with Gasteiger partial charge in [-0.1, -0.05) is 36.4 Å². The van der Waals surface area contributed by atoms with E-state index in [1.54, 1.807) is 12.1 Å². The van der Waals surface area contributed by atoms with Crippen molar-refractivity contribution in [3.8, 4) is 0 Å². The lowest BCUT2D eigenvalue weighted by Gasteiger charge is -2.28. The maximum absolute atomic E-state index is 12.8. The average Bonchev–Trinajstić information content (AvgIpc) is 2.54. The summed E-state index contributed by atoms with van der Waals surface area (Å²) in [5.74, 6) is -0.739. The van der Waals surface area contributed by atoms with Crippen LogP contribution in [0.3, 0.4) is 0 Å². The first kappa shape index (κ1) is 14.7. The van der Waals surface area contributed by atoms with E-state index in [2.05, 4.69) is 0 Å². The van der Waals surface area contributed by atoms with Crippen molar-refractivity contribution < 1.29 is 13.2 Å². The van der Waals surface area contributed by atoms with Crippen LogP contribution in [0.15, 0.2) is 53.4 Å². The lowest BCUT2D eigenvalue weighted by Crippen LogP contribution is -2.36. The first-order valence-electron chi connectivity index (χ1n) is 6.96. The summed E-state index contributed by atoms with van der Waals surface area (Å²) in [6, 6.07) is 13.8. The highest BCUT2D eigenvalue weighted by molar-refractivity contribution is 7.89. The molecule has 2 N–H and O–H groups in total. The van der Waals surface area contributed by atoms with Crippen molar-refractivity contribution in [2.75, 3.05) is 6.54 Å². The van der Waals surface area contributed by atoms with Gasteiger partial charge in [0.1, 0.15) is 0 Å². The van der Waals surface area contributed by atoms with E-state index in [0.29, 0.717) is 19.5 Å². The largest absolute Gasteiger partial charge is 0.366 e. The predicted octanol–water partition coefficient (Wildman–Crippen LogP) is 1.53. The summed E-state index contributed by atoms with van der Waals surface area (Å²) < 4.78 is 27.1. The highest BCUT2D eigenvalue weighted by Gasteiger charge is 2.30. The quantitative estimate of drug-likeness (QED) is 0.932. The number of carbonyl (C=O) groups excluding carboxylic acids is 1. The average molecular weight is 316 g/mol. The molecule has 0 radical (unpaired) electrons. The van der Waals surface area contributed by atoms with Crippen molar-refractivity contribution in [3.05, 3.63) is 65.2 Å². The van der Waals surface area contributed by atoms with Gasteiger partial charge >= 0.3 is 0 Å². The molecule has 0 spiro atoms. The zero-order valence-corrected chi connectivity index (χ0v) is 12.7. The fourth-order valence-electron chi connectivity index (χ4n) is 2.71. The van der Waals surface area contributed by atoms with Crippen molar-refractivity contribution in [2.24, 2.45) is 5.73 Å². The van der Waals surface area contributed by atoms with Gasteiger partial charge < -0.3 is 5.73 Å². The number of amides is 1. The van der Waals surface area contributed by atoms with E-state index in [1.165, 1.54) is 16.4 Å². The van der Waals surface area contributed by atoms with E-state index in [-0.39, 0.29) is 10.5 Å². The molecule has 0 saturated carbocycles. The summed E-state index contributed by atoms with van der Waals surface area (Å²) in [5.41, 5.74) is 7.48. The van der Waals surface area contributed by atoms with E-state index >= 15 is 0 Å². The monoisotopic (exact) mass is 316 g/mol. The molecule has 22 heavy (non-hydrogen) atoms. The summed E-state index contributed by atoms with van der Waals surface area (Å²) >= 11 is 0. The molecule has 1 amide bonds. The first-order chi connectivity index (χ1) is 10.5. The molecule has 3 rings (SSSR count). The molecule has 5 nitrogen and oxygen atoms in total. The fourth-order valence-corrected chi connectivity index (χ4v) is 4.33. The number of rotatable bonds is 3. The van der Waals surface area contributed by atoms with E-state index in [1.807, 2.05) is 24.3 Å². The molecular weight excluding hydrogens is 300 g/mol. The topological polar surface area (TPSA) is 80.5 Å². The number of sulfonamides is 1. The Morgan fingerprint density at radius 3 is 2.36 bits per heavy atom. The molecule has 2 aromatic carbocycles. The number of hydrogen-bond acceptors (Lipinski definition) is 3. The van der Waals surface area contributed by atoms with Gasteiger partial charge in [0.05, 0.1) is 10.5 Å². The lowest BCUT2D eigenvalue weighted by atomic mass is 10.0. The summed E-state index contributed by atoms with van der Waals surface area (Å²) in [6.45, 7) is 0.706. The van der Waals surface area contributed by atoms with Crippen LogP contribution in [-0.4, -0.2) is 25.2 Å². The van der Waals surface area contributed by atoms with Crippen LogP contribution in [-0.2, 0) is 23.0 Å². The predicted molar refractivity (Wildman–Crippen MR) is 82.7 cm³/mol. The van der Waals surface area contributed by atoms with Crippen molar-refractivity contribution in [1.29, 1.82) is 0 Å². The molecule has 0 atom stereocenters. The molecular formula is C16H16N2O3S. The number of hydrogen-bond donors (Lipinski definition) is 1. The van der Waals surface area contributed by atoms with Crippen molar-refractivity contribution in [3.63, 3.8) is 0 Å². The molecule has 1 aliphatic rings. The van der Waals surface area contributed by atoms with E-state index < -0.39 is 15.9 Å². The summed E-state index contributed by atoms with van der Waals surface area (Å²) in [6.07, 6.45) is 0.661. The maximum atomic E-state index is 12.8. The van der Waals surface area contributed by atoms with Crippen LogP contribution < -0.4 is 5.73 Å². The number of nitrogens with zero attached hydrogens (tertiary/aromatic N) is 1. The van der Waals surface area contributed by atoms with Crippen LogP contribution in [0.25, 0.3) is 0 Å². The van der Waals surface area contributed by atoms with Crippen molar-refractivity contribution in [2.45, 2.75) is 17.9 Å². The normalized spacial score (nSPS) is 15.3. The third-order valence-corrected chi connectivity index (χ3v) is 5.77. The number of primary amides is 1. The van der Waals surface area contributed by atoms with Crippen LogP contribution >= 0.6 is 0 Å². The van der Waals surface area contributed by atoms with E-state index in [4.69, 9.17) is 5.73 Å². The summed E-state index contributed by atoms with van der Waals surface area (Å²) in [5, 5.41) is 0. The van der Waals surface area contributed by atoms with E-state index in [9.17, 15) is 13.2 Å². The van der Waals surface area contributed by atoms with Gasteiger partial charge in [0.15, 0.2) is 0 Å². The Bertz CT molecular complexity index is 831. The van der Waals surface area contributed by atoms with Gasteiger partial charge in [-0.05, 0) is 29.7 Å². The Kier molecular flexibility index (Phi) is 3.72. The van der Waals surface area contributed by atoms with Gasteiger partial charge in [-0.15, -0.1) is 0 Å². The standard InChI is InChI=1S/C16H16N2O3S/c17-16(19)14-7-3-4-8-15(14)22(20,21)18-10-9-12-5-1-2-6-13(12)11-18/h1-8H,9-11H2,(H2,17,19). The zero-order valence-electron chi connectivity index (χ0n) is 11.9. The second-order valence-corrected chi connectivity index (χ2v) is 7.12. The highest BCUT2D eigenvalue weighted by Crippen LogP contribution is 2.26. The second-order valence-electron chi connectivity index (χ2n) is 5.22. The van der Waals surface area contributed by atoms with Crippen molar-refractivity contribution in [1.82, 2.24) is 4.31 Å². The number of fused-ring (bicyclic) bond motifs is 1. The van der Waals surface area contributed by atoms with Gasteiger partial charge in [-0.3, -0.25) is 4.79 Å². The Morgan fingerprint density at radius 2 is 1.64 bits per heavy atom. The molecule has 1 heterocycles. The smallest absolute Gasteiger partial charge is 0.250 e. The lowest BCUT2D eigenvalue weighted by molar-refractivity contribution is 0.0997. The minimum atomic E-state index is -3.75. The minimum absolute atomic E-state index is 0.0260. The Hall–Kier alpha value is -2.18. The Labute approximate surface area is 129 Å². The first-order valence-corrected chi connectivity index (χ1v) is 8.40. The number of nitrogens with two attached hydrogens (primary N) is 1. The van der Waals surface area contributed by atoms with Crippen LogP contribution in [0.1, 0.15) is 21.5 Å². The molecule has 2 aromatic rings. The highest BCUT2D eigenvalue weighted by atomic mass is 32.2. The molecule has 0 saturated heterocycles. The van der Waals surface area contributed by atoms with Crippen molar-refractivity contribution >= 4 is 15.9 Å². The SMILES string of the molecule is NC(=O)c1ccccc1S(=O)(=O)N1CCc2ccccc2C1. The van der Waals surface area contributed by atoms with Gasteiger partial charge in [0.25, 0.3) is 0 Å². The van der Waals surface area contributed by atoms with Gasteiger partial charge in [0.2, 0.25) is 15.9 Å². The zero-order chi connectivity index (χ0) is 15.7. The van der Waals surface area contributed by atoms with Crippen LogP contribution in [0.5, 0.6) is 0 Å². The molecule has 6 heteroatoms. The Balaban J connectivity index is 2.00. The second kappa shape index (κ2) is 5.55. The molecule has 0 fully saturated rings. The van der Waals surface area contributed by atoms with Gasteiger partial charge in [0, 0.05) is 13.1 Å². The molecule has 114 valence electrons. The Morgan fingerprint density at radius 1 is 1.00 bits per heavy atom. The summed E-state index contributed by atoms with van der Waals surface area (Å²) in [7, 11) is -3.75. The van der Waals surface area contributed by atoms with Crippen LogP contribution in [0.2, 0.25) is 0 Å². The van der Waals surface area contributed by atoms with Gasteiger partial charge in [-0.25, -0.2) is 8.42 Å². The molecule has 1 aliphatic heterocycles. The number of benzene rings is 2. The van der Waals surface area contributed by atoms with Crippen LogP contribution in [0.4, 0.5) is 0 Å². The van der Waals surface area contributed by atoms with E-state index in [0.717, 1.165) is 11.1 Å². The third kappa shape index (κ3) is 2.51. The molecule has 0 bridgehead atoms. The fraction of sp³-hybridized carbons (Fsp3) is 0.188. The number of carbonyl (C=O) groups is 1. The maximum Gasteiger partial charge on any atom is 0.250 e. The summed E-state index contributed by atoms with van der Waals surface area (Å²) in [4.78, 5) is 11.5. The van der Waals surface area contributed by atoms with Gasteiger partial charge in [-0.2, -0.15) is 4.31 Å². The van der Waals surface area contributed by atoms with Crippen LogP contribution in [0, 0.1) is 0 Å². The minimum Gasteiger partial charge on any atom is -0.366 e. The third-order valence-electron chi connectivity index (χ3n) is 3.87. The molecule has 0 unspecified atom stereocenters. The molecule has 0 aliphatic carbocycles. The molecule has 0 aromatic heterocycles.